The minimum absolute atomic E-state index is 0.216. The van der Waals surface area contributed by atoms with Crippen LogP contribution in [0.15, 0.2) is 24.3 Å². The van der Waals surface area contributed by atoms with Crippen molar-refractivity contribution < 1.29 is 14.4 Å². The molecule has 1 aromatic heterocycles. The van der Waals surface area contributed by atoms with Crippen LogP contribution in [0.3, 0.4) is 0 Å². The third-order valence-electron chi connectivity index (χ3n) is 4.07. The summed E-state index contributed by atoms with van der Waals surface area (Å²) in [7, 11) is 0. The van der Waals surface area contributed by atoms with Crippen LogP contribution in [0.5, 0.6) is 0 Å². The number of hydrogen-bond acceptors (Lipinski definition) is 5. The molecule has 2 N–H and O–H groups in total. The number of H-pyrrole nitrogens is 1. The van der Waals surface area contributed by atoms with Crippen LogP contribution >= 0.6 is 12.2 Å². The van der Waals surface area contributed by atoms with Gasteiger partial charge in [-0.25, -0.2) is 10.3 Å². The Labute approximate surface area is 151 Å². The number of amides is 1. The second-order valence-corrected chi connectivity index (χ2v) is 6.45. The molecule has 2 aromatic rings. The van der Waals surface area contributed by atoms with Crippen molar-refractivity contribution in [2.45, 2.75) is 45.4 Å². The Hall–Kier alpha value is -2.03. The second kappa shape index (κ2) is 8.37. The fourth-order valence-electron chi connectivity index (χ4n) is 2.65. The predicted molar refractivity (Wildman–Crippen MR) is 95.0 cm³/mol. The highest BCUT2D eigenvalue weighted by Crippen LogP contribution is 2.18. The van der Waals surface area contributed by atoms with E-state index < -0.39 is 0 Å². The number of carbonyl (C=O) groups is 1. The Balaban J connectivity index is 1.57. The highest BCUT2D eigenvalue weighted by molar-refractivity contribution is 7.71. The molecular weight excluding hydrogens is 340 g/mol. The first-order valence-corrected chi connectivity index (χ1v) is 8.82. The van der Waals surface area contributed by atoms with Crippen molar-refractivity contribution in [2.75, 3.05) is 6.61 Å². The van der Waals surface area contributed by atoms with Gasteiger partial charge in [0.2, 0.25) is 5.91 Å². The van der Waals surface area contributed by atoms with Crippen LogP contribution in [0.25, 0.3) is 11.4 Å². The summed E-state index contributed by atoms with van der Waals surface area (Å²) in [6.07, 6.45) is 2.76. The van der Waals surface area contributed by atoms with Crippen molar-refractivity contribution in [1.82, 2.24) is 20.2 Å². The Bertz CT molecular complexity index is 763. The fourth-order valence-corrected chi connectivity index (χ4v) is 2.87. The van der Waals surface area contributed by atoms with Gasteiger partial charge in [-0.15, -0.1) is 0 Å². The molecule has 1 atom stereocenters. The number of hydroxylamine groups is 1. The third kappa shape index (κ3) is 4.75. The molecule has 1 saturated heterocycles. The van der Waals surface area contributed by atoms with Crippen molar-refractivity contribution in [3.05, 3.63) is 34.6 Å². The number of rotatable bonds is 6. The molecule has 0 saturated carbocycles. The standard InChI is InChI=1S/C17H22N4O3S/c1-12-5-7-13(8-6-12)16-18-19-17(25)21(16)10-9-14(22)20-24-15-4-2-3-11-23-15/h5-8,15H,2-4,9-11H2,1H3,(H,19,25)(H,20,22). The molecule has 0 radical (unpaired) electrons. The first kappa shape index (κ1) is 17.8. The molecule has 2 heterocycles. The van der Waals surface area contributed by atoms with E-state index in [0.29, 0.717) is 23.7 Å². The zero-order valence-corrected chi connectivity index (χ0v) is 15.0. The Kier molecular flexibility index (Phi) is 5.95. The Morgan fingerprint density at radius 1 is 1.44 bits per heavy atom. The third-order valence-corrected chi connectivity index (χ3v) is 4.38. The normalized spacial score (nSPS) is 17.4. The van der Waals surface area contributed by atoms with Crippen LogP contribution in [0.4, 0.5) is 0 Å². The quantitative estimate of drug-likeness (QED) is 0.610. The Morgan fingerprint density at radius 2 is 2.24 bits per heavy atom. The van der Waals surface area contributed by atoms with Gasteiger partial charge in [0.05, 0.1) is 0 Å². The van der Waals surface area contributed by atoms with Gasteiger partial charge in [0.15, 0.2) is 16.9 Å². The minimum Gasteiger partial charge on any atom is -0.350 e. The van der Waals surface area contributed by atoms with E-state index in [1.165, 1.54) is 5.56 Å². The van der Waals surface area contributed by atoms with Gasteiger partial charge in [-0.1, -0.05) is 29.8 Å². The summed E-state index contributed by atoms with van der Waals surface area (Å²) in [5.74, 6) is 0.501. The average molecular weight is 362 g/mol. The van der Waals surface area contributed by atoms with Gasteiger partial charge in [0, 0.05) is 31.6 Å². The van der Waals surface area contributed by atoms with Crippen molar-refractivity contribution in [1.29, 1.82) is 0 Å². The first-order valence-electron chi connectivity index (χ1n) is 8.42. The van der Waals surface area contributed by atoms with Crippen LogP contribution in [0.1, 0.15) is 31.2 Å². The number of hydrogen-bond donors (Lipinski definition) is 2. The fraction of sp³-hybridized carbons (Fsp3) is 0.471. The van der Waals surface area contributed by atoms with Gasteiger partial charge < -0.3 is 4.74 Å². The summed E-state index contributed by atoms with van der Waals surface area (Å²) < 4.78 is 7.71. The number of carbonyl (C=O) groups excluding carboxylic acids is 1. The molecule has 25 heavy (non-hydrogen) atoms. The molecule has 0 bridgehead atoms. The predicted octanol–water partition coefficient (Wildman–Crippen LogP) is 2.88. The molecule has 134 valence electrons. The molecule has 1 aliphatic rings. The minimum atomic E-state index is -0.350. The number of aromatic nitrogens is 3. The molecule has 3 rings (SSSR count). The van der Waals surface area contributed by atoms with Crippen LogP contribution < -0.4 is 5.48 Å². The lowest BCUT2D eigenvalue weighted by atomic mass is 10.1. The van der Waals surface area contributed by atoms with Gasteiger partial charge in [-0.05, 0) is 32.0 Å². The van der Waals surface area contributed by atoms with E-state index in [-0.39, 0.29) is 18.6 Å². The maximum atomic E-state index is 12.0. The van der Waals surface area contributed by atoms with Crippen molar-refractivity contribution >= 4 is 18.1 Å². The zero-order valence-electron chi connectivity index (χ0n) is 14.2. The molecule has 1 fully saturated rings. The van der Waals surface area contributed by atoms with Gasteiger partial charge in [-0.3, -0.25) is 14.5 Å². The summed E-state index contributed by atoms with van der Waals surface area (Å²) in [5.41, 5.74) is 4.58. The number of nitrogens with one attached hydrogen (secondary N) is 2. The highest BCUT2D eigenvalue weighted by atomic mass is 32.1. The molecule has 1 aliphatic heterocycles. The number of ether oxygens (including phenoxy) is 1. The van der Waals surface area contributed by atoms with Gasteiger partial charge >= 0.3 is 0 Å². The summed E-state index contributed by atoms with van der Waals surface area (Å²) in [5, 5.41) is 7.07. The lowest BCUT2D eigenvalue weighted by molar-refractivity contribution is -0.200. The van der Waals surface area contributed by atoms with E-state index in [0.717, 1.165) is 24.8 Å². The van der Waals surface area contributed by atoms with E-state index in [4.69, 9.17) is 21.8 Å². The largest absolute Gasteiger partial charge is 0.350 e. The number of benzene rings is 1. The number of nitrogens with zero attached hydrogens (tertiary/aromatic N) is 2. The monoisotopic (exact) mass is 362 g/mol. The Morgan fingerprint density at radius 3 is 2.96 bits per heavy atom. The SMILES string of the molecule is Cc1ccc(-c2n[nH]c(=S)n2CCC(=O)NOC2CCCCO2)cc1. The highest BCUT2D eigenvalue weighted by Gasteiger charge is 2.16. The molecule has 1 aromatic carbocycles. The van der Waals surface area contributed by atoms with E-state index in [1.54, 1.807) is 0 Å². The van der Waals surface area contributed by atoms with Crippen LogP contribution in [0.2, 0.25) is 0 Å². The van der Waals surface area contributed by atoms with Crippen molar-refractivity contribution in [3.63, 3.8) is 0 Å². The van der Waals surface area contributed by atoms with Crippen molar-refractivity contribution in [3.8, 4) is 11.4 Å². The van der Waals surface area contributed by atoms with E-state index in [9.17, 15) is 4.79 Å². The second-order valence-electron chi connectivity index (χ2n) is 6.06. The van der Waals surface area contributed by atoms with Crippen LogP contribution in [0, 0.1) is 11.7 Å². The van der Waals surface area contributed by atoms with E-state index in [1.807, 2.05) is 35.8 Å². The smallest absolute Gasteiger partial charge is 0.245 e. The number of aromatic amines is 1. The summed E-state index contributed by atoms with van der Waals surface area (Å²) in [4.78, 5) is 17.3. The molecule has 7 nitrogen and oxygen atoms in total. The van der Waals surface area contributed by atoms with Crippen LogP contribution in [-0.4, -0.2) is 33.6 Å². The molecule has 8 heteroatoms. The summed E-state index contributed by atoms with van der Waals surface area (Å²) in [6, 6.07) is 8.00. The lowest BCUT2D eigenvalue weighted by Crippen LogP contribution is -2.33. The summed E-state index contributed by atoms with van der Waals surface area (Å²) in [6.45, 7) is 3.12. The van der Waals surface area contributed by atoms with E-state index in [2.05, 4.69) is 15.7 Å². The van der Waals surface area contributed by atoms with Gasteiger partial charge in [-0.2, -0.15) is 5.10 Å². The molecule has 0 aliphatic carbocycles. The maximum Gasteiger partial charge on any atom is 0.245 e. The first-order chi connectivity index (χ1) is 12.1. The van der Waals surface area contributed by atoms with Gasteiger partial charge in [0.1, 0.15) is 0 Å². The average Bonchev–Trinajstić information content (AvgIpc) is 3.00. The molecule has 0 spiro atoms. The number of aryl methyl sites for hydroxylation is 1. The van der Waals surface area contributed by atoms with E-state index >= 15 is 0 Å². The molecule has 1 amide bonds. The summed E-state index contributed by atoms with van der Waals surface area (Å²) >= 11 is 5.28. The van der Waals surface area contributed by atoms with Crippen LogP contribution in [-0.2, 0) is 20.9 Å². The topological polar surface area (TPSA) is 81.2 Å². The van der Waals surface area contributed by atoms with Crippen molar-refractivity contribution in [2.24, 2.45) is 0 Å². The lowest BCUT2D eigenvalue weighted by Gasteiger charge is -2.22. The van der Waals surface area contributed by atoms with Gasteiger partial charge in [0.25, 0.3) is 0 Å². The molecule has 1 unspecified atom stereocenters. The zero-order chi connectivity index (χ0) is 17.6. The maximum absolute atomic E-state index is 12.0. The molecular formula is C17H22N4O3S.